The fourth-order valence-corrected chi connectivity index (χ4v) is 3.35. The van der Waals surface area contributed by atoms with Crippen LogP contribution in [0.15, 0.2) is 40.6 Å². The van der Waals surface area contributed by atoms with Gasteiger partial charge in [-0.2, -0.15) is 0 Å². The van der Waals surface area contributed by atoms with E-state index in [1.807, 2.05) is 0 Å². The summed E-state index contributed by atoms with van der Waals surface area (Å²) in [6.07, 6.45) is 0. The number of amides is 1. The Morgan fingerprint density at radius 1 is 1.29 bits per heavy atom. The third-order valence-corrected chi connectivity index (χ3v) is 4.79. The molecule has 0 radical (unpaired) electrons. The molecule has 8 heteroatoms. The molecule has 1 heterocycles. The first-order valence-corrected chi connectivity index (χ1v) is 8.30. The lowest BCUT2D eigenvalue weighted by Gasteiger charge is -2.11. The molecule has 0 bridgehead atoms. The Morgan fingerprint density at radius 2 is 2.05 bits per heavy atom. The van der Waals surface area contributed by atoms with Gasteiger partial charge in [0.1, 0.15) is 10.6 Å². The van der Waals surface area contributed by atoms with Crippen molar-refractivity contribution in [2.24, 2.45) is 0 Å². The minimum Gasteiger partial charge on any atom is -0.495 e. The number of hydrogen-bond donors (Lipinski definition) is 2. The smallest absolute Gasteiger partial charge is 0.276 e. The van der Waals surface area contributed by atoms with Gasteiger partial charge < -0.3 is 4.74 Å². The number of hydrazine groups is 1. The van der Waals surface area contributed by atoms with Crippen molar-refractivity contribution < 1.29 is 17.9 Å². The van der Waals surface area contributed by atoms with E-state index in [-0.39, 0.29) is 10.6 Å². The topological polar surface area (TPSA) is 84.5 Å². The van der Waals surface area contributed by atoms with Crippen LogP contribution in [0.2, 0.25) is 0 Å². The summed E-state index contributed by atoms with van der Waals surface area (Å²) in [5, 5.41) is 1.73. The summed E-state index contributed by atoms with van der Waals surface area (Å²) in [5.41, 5.74) is 2.94. The SMILES string of the molecule is COc1ccc(C)cc1S(=O)(=O)NNC(=O)c1cccs1. The Kier molecular flexibility index (Phi) is 4.61. The highest BCUT2D eigenvalue weighted by atomic mass is 32.2. The second kappa shape index (κ2) is 6.25. The molecule has 0 fully saturated rings. The fraction of sp³-hybridized carbons (Fsp3) is 0.154. The van der Waals surface area contributed by atoms with Crippen molar-refractivity contribution in [3.8, 4) is 5.75 Å². The number of hydrogen-bond acceptors (Lipinski definition) is 5. The van der Waals surface area contributed by atoms with Gasteiger partial charge in [-0.3, -0.25) is 10.2 Å². The molecule has 0 aliphatic rings. The van der Waals surface area contributed by atoms with Crippen molar-refractivity contribution in [2.45, 2.75) is 11.8 Å². The van der Waals surface area contributed by atoms with Crippen molar-refractivity contribution in [2.75, 3.05) is 7.11 Å². The van der Waals surface area contributed by atoms with Crippen LogP contribution in [-0.2, 0) is 10.0 Å². The minimum absolute atomic E-state index is 0.0310. The lowest BCUT2D eigenvalue weighted by atomic mass is 10.2. The molecule has 2 aromatic rings. The van der Waals surface area contributed by atoms with E-state index >= 15 is 0 Å². The zero-order valence-corrected chi connectivity index (χ0v) is 13.0. The number of aryl methyl sites for hydroxylation is 1. The molecule has 2 N–H and O–H groups in total. The molecular weight excluding hydrogens is 312 g/mol. The fourth-order valence-electron chi connectivity index (χ4n) is 1.63. The third-order valence-electron chi connectivity index (χ3n) is 2.65. The Balaban J connectivity index is 2.19. The normalized spacial score (nSPS) is 11.1. The lowest BCUT2D eigenvalue weighted by Crippen LogP contribution is -2.41. The van der Waals surface area contributed by atoms with Crippen LogP contribution >= 0.6 is 11.3 Å². The molecule has 1 aromatic heterocycles. The first kappa shape index (κ1) is 15.5. The van der Waals surface area contributed by atoms with Gasteiger partial charge in [-0.05, 0) is 36.1 Å². The van der Waals surface area contributed by atoms with Gasteiger partial charge in [0.05, 0.1) is 12.0 Å². The molecule has 0 aliphatic heterocycles. The van der Waals surface area contributed by atoms with Gasteiger partial charge in [-0.25, -0.2) is 8.42 Å². The molecule has 2 rings (SSSR count). The molecule has 1 aromatic carbocycles. The van der Waals surface area contributed by atoms with Gasteiger partial charge in [0.25, 0.3) is 15.9 Å². The number of benzene rings is 1. The second-order valence-corrected chi connectivity index (χ2v) is 6.79. The average Bonchev–Trinajstić information content (AvgIpc) is 2.99. The van der Waals surface area contributed by atoms with Crippen LogP contribution in [-0.4, -0.2) is 21.4 Å². The van der Waals surface area contributed by atoms with Crippen molar-refractivity contribution in [3.05, 3.63) is 46.2 Å². The first-order chi connectivity index (χ1) is 9.94. The van der Waals surface area contributed by atoms with Crippen LogP contribution in [0.3, 0.4) is 0 Å². The minimum atomic E-state index is -3.91. The highest BCUT2D eigenvalue weighted by molar-refractivity contribution is 7.89. The van der Waals surface area contributed by atoms with E-state index in [0.29, 0.717) is 4.88 Å². The third kappa shape index (κ3) is 3.60. The Bertz CT molecular complexity index is 740. The number of methoxy groups -OCH3 is 1. The average molecular weight is 326 g/mol. The van der Waals surface area contributed by atoms with Crippen LogP contribution in [0, 0.1) is 6.92 Å². The van der Waals surface area contributed by atoms with E-state index in [0.717, 1.165) is 5.56 Å². The zero-order valence-electron chi connectivity index (χ0n) is 11.4. The molecule has 1 amide bonds. The van der Waals surface area contributed by atoms with E-state index in [2.05, 4.69) is 10.3 Å². The maximum absolute atomic E-state index is 12.2. The van der Waals surface area contributed by atoms with E-state index in [9.17, 15) is 13.2 Å². The van der Waals surface area contributed by atoms with Crippen molar-refractivity contribution in [1.29, 1.82) is 0 Å². The van der Waals surface area contributed by atoms with Crippen molar-refractivity contribution in [3.63, 3.8) is 0 Å². The summed E-state index contributed by atoms with van der Waals surface area (Å²) < 4.78 is 29.5. The number of rotatable bonds is 5. The van der Waals surface area contributed by atoms with Gasteiger partial charge in [-0.15, -0.1) is 16.2 Å². The maximum atomic E-state index is 12.2. The molecule has 0 atom stereocenters. The quantitative estimate of drug-likeness (QED) is 0.819. The van der Waals surface area contributed by atoms with E-state index in [1.165, 1.54) is 24.5 Å². The summed E-state index contributed by atoms with van der Waals surface area (Å²) in [5.74, 6) is -0.307. The number of carbonyl (C=O) groups is 1. The molecular formula is C13H14N2O4S2. The Hall–Kier alpha value is -1.90. The van der Waals surface area contributed by atoms with Crippen LogP contribution in [0.1, 0.15) is 15.2 Å². The van der Waals surface area contributed by atoms with Gasteiger partial charge in [0, 0.05) is 0 Å². The van der Waals surface area contributed by atoms with Gasteiger partial charge >= 0.3 is 0 Å². The monoisotopic (exact) mass is 326 g/mol. The lowest BCUT2D eigenvalue weighted by molar-refractivity contribution is 0.0949. The molecule has 0 saturated carbocycles. The highest BCUT2D eigenvalue weighted by Gasteiger charge is 2.20. The number of sulfonamides is 1. The van der Waals surface area contributed by atoms with Crippen molar-refractivity contribution in [1.82, 2.24) is 10.3 Å². The summed E-state index contributed by atoms with van der Waals surface area (Å²) >= 11 is 1.22. The first-order valence-electron chi connectivity index (χ1n) is 5.94. The second-order valence-electron chi connectivity index (χ2n) is 4.19. The number of nitrogens with one attached hydrogen (secondary N) is 2. The molecule has 6 nitrogen and oxygen atoms in total. The molecule has 0 unspecified atom stereocenters. The number of ether oxygens (including phenoxy) is 1. The van der Waals surface area contributed by atoms with Gasteiger partial charge in [0.15, 0.2) is 0 Å². The standard InChI is InChI=1S/C13H14N2O4S2/c1-9-5-6-10(19-2)12(8-9)21(17,18)15-14-13(16)11-4-3-7-20-11/h3-8,15H,1-2H3,(H,14,16). The van der Waals surface area contributed by atoms with Crippen LogP contribution in [0.4, 0.5) is 0 Å². The predicted molar refractivity (Wildman–Crippen MR) is 79.8 cm³/mol. The van der Waals surface area contributed by atoms with E-state index < -0.39 is 15.9 Å². The summed E-state index contributed by atoms with van der Waals surface area (Å²) in [4.78, 5) is 14.2. The molecule has 0 spiro atoms. The molecule has 0 saturated heterocycles. The molecule has 21 heavy (non-hydrogen) atoms. The number of thiophene rings is 1. The summed E-state index contributed by atoms with van der Waals surface area (Å²) in [6.45, 7) is 1.77. The molecule has 112 valence electrons. The van der Waals surface area contributed by atoms with Crippen molar-refractivity contribution >= 4 is 27.3 Å². The van der Waals surface area contributed by atoms with Crippen LogP contribution in [0.5, 0.6) is 5.75 Å². The largest absolute Gasteiger partial charge is 0.495 e. The number of carbonyl (C=O) groups excluding carboxylic acids is 1. The maximum Gasteiger partial charge on any atom is 0.276 e. The zero-order chi connectivity index (χ0) is 15.5. The highest BCUT2D eigenvalue weighted by Crippen LogP contribution is 2.24. The molecule has 0 aliphatic carbocycles. The van der Waals surface area contributed by atoms with Gasteiger partial charge in [0.2, 0.25) is 0 Å². The Labute approximate surface area is 126 Å². The Morgan fingerprint density at radius 3 is 2.67 bits per heavy atom. The van der Waals surface area contributed by atoms with Gasteiger partial charge in [-0.1, -0.05) is 12.1 Å². The van der Waals surface area contributed by atoms with Crippen LogP contribution < -0.4 is 15.0 Å². The summed E-state index contributed by atoms with van der Waals surface area (Å²) in [7, 11) is -2.53. The van der Waals surface area contributed by atoms with E-state index in [4.69, 9.17) is 4.74 Å². The summed E-state index contributed by atoms with van der Waals surface area (Å²) in [6, 6.07) is 8.07. The van der Waals surface area contributed by atoms with Crippen LogP contribution in [0.25, 0.3) is 0 Å². The van der Waals surface area contributed by atoms with E-state index in [1.54, 1.807) is 36.6 Å². The predicted octanol–water partition coefficient (Wildman–Crippen LogP) is 1.69.